The van der Waals surface area contributed by atoms with Gasteiger partial charge in [0.15, 0.2) is 24.5 Å². The van der Waals surface area contributed by atoms with Crippen LogP contribution in [-0.2, 0) is 57.5 Å². The van der Waals surface area contributed by atoms with Crippen LogP contribution >= 0.6 is 0 Å². The predicted octanol–water partition coefficient (Wildman–Crippen LogP) is -9.77. The highest BCUT2D eigenvalue weighted by molar-refractivity contribution is 5.96. The number of guanidine groups is 1. The van der Waals surface area contributed by atoms with Gasteiger partial charge in [-0.3, -0.25) is 70.3 Å². The summed E-state index contributed by atoms with van der Waals surface area (Å²) in [6.45, 7) is 2.18. The Kier molecular flexibility index (Phi) is 24.9. The minimum atomic E-state index is -1.93. The largest absolute Gasteiger partial charge is 0.481 e. The van der Waals surface area contributed by atoms with Crippen molar-refractivity contribution in [3.8, 4) is 0 Å². The van der Waals surface area contributed by atoms with Crippen LogP contribution in [0.5, 0.6) is 0 Å². The first kappa shape index (κ1) is 52.5. The highest BCUT2D eigenvalue weighted by atomic mass is 16.4. The number of aliphatic carboxylic acids is 1. The number of likely N-dealkylation sites (N-methyl/N-ethyl adjacent to an activating group) is 1. The highest BCUT2D eigenvalue weighted by Gasteiger charge is 2.33. The van der Waals surface area contributed by atoms with Gasteiger partial charge in [0.2, 0.25) is 17.7 Å². The van der Waals surface area contributed by atoms with Crippen LogP contribution in [0.25, 0.3) is 0 Å². The van der Waals surface area contributed by atoms with Gasteiger partial charge >= 0.3 is 5.97 Å². The van der Waals surface area contributed by atoms with Crippen LogP contribution in [0.3, 0.4) is 0 Å². The molecule has 0 aromatic heterocycles. The molecule has 0 fully saturated rings. The quantitative estimate of drug-likeness (QED) is 0.00983. The van der Waals surface area contributed by atoms with Crippen molar-refractivity contribution in [2.24, 2.45) is 17.2 Å². The predicted molar refractivity (Wildman–Crippen MR) is 201 cm³/mol. The van der Waals surface area contributed by atoms with Gasteiger partial charge in [0.05, 0.1) is 31.1 Å². The van der Waals surface area contributed by atoms with E-state index in [2.05, 4.69) is 58.5 Å². The zero-order chi connectivity index (χ0) is 45.2. The number of amides is 7. The summed E-state index contributed by atoms with van der Waals surface area (Å²) in [5.41, 5.74) is 15.8. The summed E-state index contributed by atoms with van der Waals surface area (Å²) >= 11 is 0. The number of aldehydes is 4. The number of hydrogen-bond donors (Lipinski definition) is 16. The normalized spacial score (nSPS) is 15.3. The number of hydrogen-bond acceptors (Lipinski definition) is 18. The Balaban J connectivity index is 6.05. The lowest BCUT2D eigenvalue weighted by atomic mass is 10.1. The molecular weight excluding hydrogens is 790 g/mol. The van der Waals surface area contributed by atoms with Crippen LogP contribution in [0.2, 0.25) is 0 Å². The van der Waals surface area contributed by atoms with Crippen LogP contribution in [0, 0.1) is 5.41 Å². The number of carboxylic acid groups (broad SMARTS) is 1. The number of carbonyl (C=O) groups is 12. The zero-order valence-corrected chi connectivity index (χ0v) is 32.3. The van der Waals surface area contributed by atoms with Crippen LogP contribution < -0.4 is 75.7 Å². The second kappa shape index (κ2) is 28.0. The Morgan fingerprint density at radius 3 is 1.53 bits per heavy atom. The van der Waals surface area contributed by atoms with Crippen molar-refractivity contribution >= 4 is 78.4 Å². The fraction of sp³-hybridized carbons (Fsp3) is 0.581. The summed E-state index contributed by atoms with van der Waals surface area (Å²) in [5.74, 6) is -9.40. The Labute approximate surface area is 336 Å². The molecule has 0 aliphatic carbocycles. The van der Waals surface area contributed by atoms with Crippen molar-refractivity contribution in [2.75, 3.05) is 20.1 Å². The average molecular weight is 844 g/mol. The third-order valence-electron chi connectivity index (χ3n) is 7.59. The number of carbonyl (C=O) groups excluding carboxylic acids is 11. The van der Waals surface area contributed by atoms with E-state index in [0.29, 0.717) is 12.6 Å². The van der Waals surface area contributed by atoms with Gasteiger partial charge in [-0.1, -0.05) is 0 Å². The molecule has 0 saturated heterocycles. The van der Waals surface area contributed by atoms with Crippen molar-refractivity contribution in [1.82, 2.24) is 58.5 Å². The minimum Gasteiger partial charge on any atom is -0.481 e. The first-order chi connectivity index (χ1) is 27.7. The molecule has 28 heteroatoms. The summed E-state index contributed by atoms with van der Waals surface area (Å²) in [5, 5.41) is 42.1. The van der Waals surface area contributed by atoms with E-state index in [1.54, 1.807) is 0 Å². The Morgan fingerprint density at radius 2 is 1.07 bits per heavy atom. The third-order valence-corrected chi connectivity index (χ3v) is 7.59. The molecule has 330 valence electrons. The molecule has 0 aromatic carbocycles. The molecule has 0 aliphatic rings. The molecule has 0 aromatic rings. The fourth-order valence-corrected chi connectivity index (χ4v) is 4.61. The topological polar surface area (TPSA) is 459 Å². The lowest BCUT2D eigenvalue weighted by Crippen LogP contribution is -2.66. The van der Waals surface area contributed by atoms with Crippen molar-refractivity contribution < 1.29 is 62.6 Å². The summed E-state index contributed by atoms with van der Waals surface area (Å²) in [6.07, 6.45) is -6.65. The van der Waals surface area contributed by atoms with Gasteiger partial charge in [0, 0.05) is 13.0 Å². The number of carboxylic acids is 1. The summed E-state index contributed by atoms with van der Waals surface area (Å²) in [4.78, 5) is 146. The van der Waals surface area contributed by atoms with Gasteiger partial charge < -0.3 is 73.4 Å². The van der Waals surface area contributed by atoms with E-state index >= 15 is 0 Å². The van der Waals surface area contributed by atoms with Crippen LogP contribution in [0.15, 0.2) is 0 Å². The summed E-state index contributed by atoms with van der Waals surface area (Å²) in [6, 6.07) is -7.07. The molecule has 59 heavy (non-hydrogen) atoms. The second-order valence-corrected chi connectivity index (χ2v) is 12.5. The smallest absolute Gasteiger partial charge is 0.305 e. The summed E-state index contributed by atoms with van der Waals surface area (Å²) < 4.78 is 0. The van der Waals surface area contributed by atoms with Crippen LogP contribution in [0.1, 0.15) is 39.5 Å². The molecule has 0 radical (unpaired) electrons. The maximum atomic E-state index is 13.4. The van der Waals surface area contributed by atoms with Crippen LogP contribution in [0.4, 0.5) is 0 Å². The molecule has 7 amide bonds. The third kappa shape index (κ3) is 21.6. The van der Waals surface area contributed by atoms with Gasteiger partial charge in [-0.2, -0.15) is 0 Å². The van der Waals surface area contributed by atoms with Gasteiger partial charge in [-0.25, -0.2) is 0 Å². The van der Waals surface area contributed by atoms with Crippen molar-refractivity contribution in [3.05, 3.63) is 0 Å². The SMILES string of the molecule is CNC(NCC=O)C(=O)N[C@@H](N[C@@H](C=O)CC(=O)O)C(=O)N[C@@H](C)C(=O)N[C@@H](C)C(=O)N[C@@H](N[C@@H](C=O)CC(N)=O)C(=O)N[C@@H](N[C@@H](C=O)CCCNC(=N)N)C(N)=O. The number of nitrogens with one attached hydrogen (secondary N) is 12. The van der Waals surface area contributed by atoms with Crippen molar-refractivity contribution in [2.45, 2.75) is 94.4 Å². The molecule has 0 bridgehead atoms. The fourth-order valence-electron chi connectivity index (χ4n) is 4.61. The molecule has 0 aliphatic heterocycles. The van der Waals surface area contributed by atoms with Gasteiger partial charge in [0.25, 0.3) is 23.6 Å². The Bertz CT molecular complexity index is 1530. The number of primary amides is 2. The molecule has 0 heterocycles. The zero-order valence-electron chi connectivity index (χ0n) is 32.3. The summed E-state index contributed by atoms with van der Waals surface area (Å²) in [7, 11) is 1.33. The average Bonchev–Trinajstić information content (AvgIpc) is 3.16. The van der Waals surface area contributed by atoms with E-state index in [1.807, 2.05) is 0 Å². The van der Waals surface area contributed by atoms with E-state index in [9.17, 15) is 57.5 Å². The minimum absolute atomic E-state index is 0.0797. The number of nitrogens with two attached hydrogens (primary N) is 3. The maximum Gasteiger partial charge on any atom is 0.305 e. The molecule has 1 unspecified atom stereocenters. The monoisotopic (exact) mass is 843 g/mol. The molecule has 0 rings (SSSR count). The van der Waals surface area contributed by atoms with E-state index in [4.69, 9.17) is 27.7 Å². The lowest BCUT2D eigenvalue weighted by Gasteiger charge is -2.28. The molecular formula is C31H53N15O13. The Hall–Kier alpha value is -6.49. The highest BCUT2D eigenvalue weighted by Crippen LogP contribution is 1.99. The van der Waals surface area contributed by atoms with E-state index < -0.39 is 115 Å². The maximum absolute atomic E-state index is 13.4. The second-order valence-electron chi connectivity index (χ2n) is 12.5. The van der Waals surface area contributed by atoms with Gasteiger partial charge in [0.1, 0.15) is 43.4 Å². The molecule has 19 N–H and O–H groups in total. The van der Waals surface area contributed by atoms with Gasteiger partial charge in [-0.05, 0) is 33.7 Å². The lowest BCUT2D eigenvalue weighted by molar-refractivity contribution is -0.139. The molecule has 28 nitrogen and oxygen atoms in total. The first-order valence-electron chi connectivity index (χ1n) is 17.6. The van der Waals surface area contributed by atoms with E-state index in [1.165, 1.54) is 7.05 Å². The van der Waals surface area contributed by atoms with Gasteiger partial charge in [-0.15, -0.1) is 0 Å². The molecule has 0 saturated carbocycles. The standard InChI is InChI=1S/C31H53N15O13/c1-14(40-29(58)24(43-18(13-50)10-20(52)53)46-28(57)23(36-3)37-7-8-47)26(55)39-15(2)27(56)45-25(42-17(12-49)9-19(32)51)30(59)44-22(21(33)54)41-16(11-48)5-4-6-38-31(34)35/h8,11-18,22-25,36-37,41-43H,4-7,9-10H2,1-3H3,(H2,32,51)(H2,33,54)(H,39,55)(H,40,58)(H,44,59)(H,45,56)(H,46,57)(H,52,53)(H4,34,35,38)/t14-,15-,16+,17+,18+,22+,23?,24+,25+/m0/s1. The number of rotatable bonds is 32. The van der Waals surface area contributed by atoms with Crippen molar-refractivity contribution in [3.63, 3.8) is 0 Å². The van der Waals surface area contributed by atoms with Crippen LogP contribution in [-0.4, -0.2) is 159 Å². The van der Waals surface area contributed by atoms with E-state index in [0.717, 1.165) is 13.8 Å². The van der Waals surface area contributed by atoms with E-state index in [-0.39, 0.29) is 44.5 Å². The first-order valence-corrected chi connectivity index (χ1v) is 17.6. The Morgan fingerprint density at radius 1 is 0.627 bits per heavy atom. The van der Waals surface area contributed by atoms with Crippen molar-refractivity contribution in [1.29, 1.82) is 5.41 Å². The molecule has 9 atom stereocenters. The molecule has 0 spiro atoms.